The van der Waals surface area contributed by atoms with E-state index in [-0.39, 0.29) is 41.4 Å². The second kappa shape index (κ2) is 7.44. The van der Waals surface area contributed by atoms with Crippen LogP contribution in [0.25, 0.3) is 11.4 Å². The topological polar surface area (TPSA) is 81.1 Å². The van der Waals surface area contributed by atoms with E-state index in [1.165, 1.54) is 12.3 Å². The van der Waals surface area contributed by atoms with E-state index in [1.807, 2.05) is 0 Å². The number of likely N-dealkylation sites (tertiary alicyclic amines) is 1. The first-order valence-corrected chi connectivity index (χ1v) is 10.7. The minimum Gasteiger partial charge on any atom is -0.472 e. The number of amides is 1. The molecule has 0 spiro atoms. The number of fused-ring (bicyclic) bond motifs is 1. The zero-order valence-corrected chi connectivity index (χ0v) is 17.5. The van der Waals surface area contributed by atoms with Crippen LogP contribution >= 0.6 is 0 Å². The third-order valence-corrected chi connectivity index (χ3v) is 6.91. The van der Waals surface area contributed by atoms with Gasteiger partial charge in [-0.1, -0.05) is 0 Å². The predicted octanol–water partition coefficient (Wildman–Crippen LogP) is 3.63. The highest BCUT2D eigenvalue weighted by Crippen LogP contribution is 2.64. The summed E-state index contributed by atoms with van der Waals surface area (Å²) < 4.78 is 57.7. The largest absolute Gasteiger partial charge is 0.472 e. The van der Waals surface area contributed by atoms with Crippen molar-refractivity contribution in [2.75, 3.05) is 6.54 Å². The van der Waals surface area contributed by atoms with E-state index in [1.54, 1.807) is 17.0 Å². The molecule has 6 rings (SSSR count). The molecule has 5 unspecified atom stereocenters. The van der Waals surface area contributed by atoms with Crippen LogP contribution in [-0.4, -0.2) is 49.4 Å². The Morgan fingerprint density at radius 3 is 2.53 bits per heavy atom. The molecule has 3 fully saturated rings. The first-order valence-electron chi connectivity index (χ1n) is 10.7. The van der Waals surface area contributed by atoms with Crippen LogP contribution in [0.3, 0.4) is 0 Å². The van der Waals surface area contributed by atoms with Gasteiger partial charge >= 0.3 is 6.18 Å². The fraction of sp³-hybridized carbons (Fsp3) is 0.348. The molecular formula is C23H17F4N5O2. The van der Waals surface area contributed by atoms with Crippen molar-refractivity contribution in [3.63, 3.8) is 0 Å². The number of pyridine rings is 2. The second-order valence-electron chi connectivity index (χ2n) is 8.75. The molecule has 34 heavy (non-hydrogen) atoms. The van der Waals surface area contributed by atoms with Gasteiger partial charge in [0.1, 0.15) is 11.8 Å². The Bertz CT molecular complexity index is 1250. The van der Waals surface area contributed by atoms with Crippen LogP contribution in [0.5, 0.6) is 5.88 Å². The number of hydrogen-bond acceptors (Lipinski definition) is 6. The fourth-order valence-corrected chi connectivity index (χ4v) is 5.44. The van der Waals surface area contributed by atoms with Crippen LogP contribution in [0.1, 0.15) is 22.5 Å². The predicted molar refractivity (Wildman–Crippen MR) is 109 cm³/mol. The average Bonchev–Trinajstić information content (AvgIpc) is 3.19. The number of carbonyl (C=O) groups excluding carboxylic acids is 1. The van der Waals surface area contributed by atoms with Gasteiger partial charge < -0.3 is 9.64 Å². The van der Waals surface area contributed by atoms with Gasteiger partial charge in [-0.25, -0.2) is 19.3 Å². The van der Waals surface area contributed by atoms with Crippen LogP contribution in [0.2, 0.25) is 0 Å². The number of aromatic nitrogens is 4. The van der Waals surface area contributed by atoms with Gasteiger partial charge in [0.25, 0.3) is 5.91 Å². The number of hydrogen-bond donors (Lipinski definition) is 0. The van der Waals surface area contributed by atoms with Crippen LogP contribution in [0, 0.1) is 23.6 Å². The van der Waals surface area contributed by atoms with Crippen LogP contribution in [0.15, 0.2) is 49.1 Å². The summed E-state index contributed by atoms with van der Waals surface area (Å²) in [5.41, 5.74) is -0.299. The molecule has 4 heterocycles. The lowest BCUT2D eigenvalue weighted by atomic mass is 10.1. The molecule has 0 N–H and O–H groups in total. The van der Waals surface area contributed by atoms with Crippen molar-refractivity contribution in [2.24, 2.45) is 17.8 Å². The van der Waals surface area contributed by atoms with Crippen molar-refractivity contribution >= 4 is 5.91 Å². The zero-order valence-electron chi connectivity index (χ0n) is 17.5. The first-order chi connectivity index (χ1) is 16.3. The molecule has 0 bridgehead atoms. The minimum absolute atomic E-state index is 0.0911. The van der Waals surface area contributed by atoms with Crippen molar-refractivity contribution in [3.8, 4) is 17.3 Å². The number of piperidine rings is 1. The summed E-state index contributed by atoms with van der Waals surface area (Å²) in [6.07, 6.45) is 0.146. The number of halogens is 4. The molecule has 2 saturated carbocycles. The van der Waals surface area contributed by atoms with Crippen molar-refractivity contribution in [2.45, 2.75) is 24.7 Å². The fourth-order valence-electron chi connectivity index (χ4n) is 5.44. The lowest BCUT2D eigenvalue weighted by Crippen LogP contribution is -2.45. The summed E-state index contributed by atoms with van der Waals surface area (Å²) >= 11 is 0. The van der Waals surface area contributed by atoms with E-state index < -0.39 is 17.6 Å². The Morgan fingerprint density at radius 2 is 1.82 bits per heavy atom. The Balaban J connectivity index is 1.25. The number of carbonyl (C=O) groups is 1. The lowest BCUT2D eigenvalue weighted by Gasteiger charge is -2.29. The third-order valence-electron chi connectivity index (χ3n) is 6.91. The maximum atomic E-state index is 13.6. The average molecular weight is 471 g/mol. The van der Waals surface area contributed by atoms with Crippen molar-refractivity contribution < 1.29 is 27.1 Å². The van der Waals surface area contributed by atoms with Gasteiger partial charge in [0.15, 0.2) is 11.6 Å². The molecule has 3 aromatic rings. The van der Waals surface area contributed by atoms with Gasteiger partial charge in [0.2, 0.25) is 5.88 Å². The molecular weight excluding hydrogens is 454 g/mol. The molecule has 2 aliphatic carbocycles. The van der Waals surface area contributed by atoms with E-state index in [0.717, 1.165) is 24.7 Å². The second-order valence-corrected chi connectivity index (χ2v) is 8.75. The van der Waals surface area contributed by atoms with Gasteiger partial charge in [0, 0.05) is 25.0 Å². The molecule has 174 valence electrons. The van der Waals surface area contributed by atoms with E-state index in [4.69, 9.17) is 4.74 Å². The summed E-state index contributed by atoms with van der Waals surface area (Å²) in [7, 11) is 0. The Hall–Kier alpha value is -3.63. The van der Waals surface area contributed by atoms with Gasteiger partial charge in [-0.05, 0) is 42.4 Å². The van der Waals surface area contributed by atoms with Gasteiger partial charge in [-0.3, -0.25) is 9.78 Å². The summed E-state index contributed by atoms with van der Waals surface area (Å²) in [6.45, 7) is 0.555. The van der Waals surface area contributed by atoms with Crippen molar-refractivity contribution in [1.82, 2.24) is 24.8 Å². The standard InChI is InChI=1S/C23H17F4N5O2/c24-12-8-30-21(31-9-12)13-2-1-5-28-19(13)22(33)32-10-15-14-6-16(20(32)18(14)15)34-17-4-3-11(7-29-17)23(25,26)27/h1-5,7-9,14-16,18,20H,6,10H2. The molecule has 5 atom stereocenters. The highest BCUT2D eigenvalue weighted by molar-refractivity contribution is 5.98. The number of rotatable bonds is 4. The third kappa shape index (κ3) is 3.37. The van der Waals surface area contributed by atoms with E-state index in [0.29, 0.717) is 30.4 Å². The first kappa shape index (κ1) is 20.9. The molecule has 3 aliphatic rings. The van der Waals surface area contributed by atoms with Crippen molar-refractivity contribution in [3.05, 3.63) is 66.1 Å². The molecule has 0 aromatic carbocycles. The van der Waals surface area contributed by atoms with E-state index >= 15 is 0 Å². The number of ether oxygens (including phenoxy) is 1. The highest BCUT2D eigenvalue weighted by Gasteiger charge is 2.70. The van der Waals surface area contributed by atoms with Crippen LogP contribution in [-0.2, 0) is 6.18 Å². The van der Waals surface area contributed by atoms with Crippen LogP contribution in [0.4, 0.5) is 17.6 Å². The molecule has 7 nitrogen and oxygen atoms in total. The molecule has 3 aromatic heterocycles. The molecule has 11 heteroatoms. The Labute approximate surface area is 190 Å². The number of nitrogens with zero attached hydrogens (tertiary/aromatic N) is 5. The van der Waals surface area contributed by atoms with Gasteiger partial charge in [-0.2, -0.15) is 13.2 Å². The Morgan fingerprint density at radius 1 is 1.03 bits per heavy atom. The van der Waals surface area contributed by atoms with Gasteiger partial charge in [0.05, 0.1) is 29.6 Å². The Kier molecular flexibility index (Phi) is 4.58. The summed E-state index contributed by atoms with van der Waals surface area (Å²) in [5, 5.41) is 0. The maximum Gasteiger partial charge on any atom is 0.417 e. The quantitative estimate of drug-likeness (QED) is 0.541. The molecule has 1 amide bonds. The summed E-state index contributed by atoms with van der Waals surface area (Å²) in [5.74, 6) is 0.476. The zero-order chi connectivity index (χ0) is 23.6. The lowest BCUT2D eigenvalue weighted by molar-refractivity contribution is -0.137. The minimum atomic E-state index is -4.48. The molecule has 1 aliphatic heterocycles. The SMILES string of the molecule is O=C(c1ncccc1-c1ncc(F)cn1)N1CC2C3CC(Oc4ccc(C(F)(F)F)cn4)C1C32. The smallest absolute Gasteiger partial charge is 0.417 e. The number of alkyl halides is 3. The van der Waals surface area contributed by atoms with E-state index in [2.05, 4.69) is 19.9 Å². The normalized spacial score (nSPS) is 26.9. The summed E-state index contributed by atoms with van der Waals surface area (Å²) in [6, 6.07) is 5.21. The van der Waals surface area contributed by atoms with Gasteiger partial charge in [-0.15, -0.1) is 0 Å². The molecule has 0 radical (unpaired) electrons. The monoisotopic (exact) mass is 471 g/mol. The molecule has 1 saturated heterocycles. The summed E-state index contributed by atoms with van der Waals surface area (Å²) in [4.78, 5) is 31.3. The van der Waals surface area contributed by atoms with Crippen LogP contribution < -0.4 is 4.74 Å². The highest BCUT2D eigenvalue weighted by atomic mass is 19.4. The van der Waals surface area contributed by atoms with E-state index in [9.17, 15) is 22.4 Å². The van der Waals surface area contributed by atoms with Crippen molar-refractivity contribution in [1.29, 1.82) is 0 Å². The maximum absolute atomic E-state index is 13.6.